The standard InChI is InChI=1S/C18H21N5O2/c1-13-3-5-15(6-4-13)18(25)19-16-7-8-17(21-20-16)23-11-9-22(10-12-23)14(2)24/h3-8H,9-12H2,1-2H3,(H,19,20,25). The molecule has 2 aromatic rings. The van der Waals surface area contributed by atoms with Crippen LogP contribution in [0.25, 0.3) is 0 Å². The summed E-state index contributed by atoms with van der Waals surface area (Å²) in [6, 6.07) is 10.9. The van der Waals surface area contributed by atoms with Crippen molar-refractivity contribution in [1.82, 2.24) is 15.1 Å². The van der Waals surface area contributed by atoms with Gasteiger partial charge in [-0.2, -0.15) is 0 Å². The fraction of sp³-hybridized carbons (Fsp3) is 0.333. The average molecular weight is 339 g/mol. The van der Waals surface area contributed by atoms with Crippen molar-refractivity contribution in [2.45, 2.75) is 13.8 Å². The third-order valence-electron chi connectivity index (χ3n) is 4.25. The molecular weight excluding hydrogens is 318 g/mol. The fourth-order valence-electron chi connectivity index (χ4n) is 2.70. The number of benzene rings is 1. The molecule has 1 fully saturated rings. The number of aromatic nitrogens is 2. The van der Waals surface area contributed by atoms with Crippen LogP contribution in [0.3, 0.4) is 0 Å². The lowest BCUT2D eigenvalue weighted by molar-refractivity contribution is -0.129. The summed E-state index contributed by atoms with van der Waals surface area (Å²) in [5, 5.41) is 11.0. The number of nitrogens with zero attached hydrogens (tertiary/aromatic N) is 4. The third kappa shape index (κ3) is 4.12. The number of anilines is 2. The van der Waals surface area contributed by atoms with Crippen molar-refractivity contribution in [3.8, 4) is 0 Å². The van der Waals surface area contributed by atoms with E-state index >= 15 is 0 Å². The molecule has 1 saturated heterocycles. The van der Waals surface area contributed by atoms with Crippen LogP contribution < -0.4 is 10.2 Å². The zero-order valence-electron chi connectivity index (χ0n) is 14.4. The smallest absolute Gasteiger partial charge is 0.256 e. The molecule has 7 nitrogen and oxygen atoms in total. The van der Waals surface area contributed by atoms with E-state index < -0.39 is 0 Å². The molecule has 0 saturated carbocycles. The predicted octanol–water partition coefficient (Wildman–Crippen LogP) is 1.71. The summed E-state index contributed by atoms with van der Waals surface area (Å²) in [5.41, 5.74) is 1.68. The third-order valence-corrected chi connectivity index (χ3v) is 4.25. The number of carbonyl (C=O) groups excluding carboxylic acids is 2. The Balaban J connectivity index is 1.60. The monoisotopic (exact) mass is 339 g/mol. The minimum Gasteiger partial charge on any atom is -0.352 e. The number of amides is 2. The molecule has 3 rings (SSSR count). The van der Waals surface area contributed by atoms with Crippen LogP contribution in [0.2, 0.25) is 0 Å². The Kier molecular flexibility index (Phi) is 4.92. The van der Waals surface area contributed by atoms with Gasteiger partial charge >= 0.3 is 0 Å². The van der Waals surface area contributed by atoms with E-state index in [9.17, 15) is 9.59 Å². The maximum absolute atomic E-state index is 12.2. The molecule has 0 atom stereocenters. The van der Waals surface area contributed by atoms with Gasteiger partial charge < -0.3 is 15.1 Å². The molecule has 1 aromatic carbocycles. The molecular formula is C18H21N5O2. The second-order valence-corrected chi connectivity index (χ2v) is 6.09. The van der Waals surface area contributed by atoms with Crippen molar-refractivity contribution in [2.75, 3.05) is 36.4 Å². The molecule has 1 N–H and O–H groups in total. The largest absolute Gasteiger partial charge is 0.352 e. The minimum absolute atomic E-state index is 0.0971. The molecule has 130 valence electrons. The van der Waals surface area contributed by atoms with Gasteiger partial charge in [-0.3, -0.25) is 9.59 Å². The van der Waals surface area contributed by atoms with Crippen LogP contribution in [0.1, 0.15) is 22.8 Å². The van der Waals surface area contributed by atoms with Crippen molar-refractivity contribution in [1.29, 1.82) is 0 Å². The van der Waals surface area contributed by atoms with Crippen molar-refractivity contribution in [3.63, 3.8) is 0 Å². The number of aryl methyl sites for hydroxylation is 1. The van der Waals surface area contributed by atoms with E-state index in [1.807, 2.05) is 30.0 Å². The van der Waals surface area contributed by atoms with E-state index in [1.165, 1.54) is 0 Å². The number of hydrogen-bond acceptors (Lipinski definition) is 5. The molecule has 1 aliphatic rings. The first-order valence-corrected chi connectivity index (χ1v) is 8.25. The number of hydrogen-bond donors (Lipinski definition) is 1. The Hall–Kier alpha value is -2.96. The number of piperazine rings is 1. The van der Waals surface area contributed by atoms with Crippen molar-refractivity contribution in [2.24, 2.45) is 0 Å². The van der Waals surface area contributed by atoms with E-state index in [2.05, 4.69) is 20.4 Å². The van der Waals surface area contributed by atoms with Crippen molar-refractivity contribution in [3.05, 3.63) is 47.5 Å². The van der Waals surface area contributed by atoms with E-state index in [0.717, 1.165) is 24.5 Å². The van der Waals surface area contributed by atoms with Crippen LogP contribution in [-0.2, 0) is 4.79 Å². The maximum Gasteiger partial charge on any atom is 0.256 e. The number of carbonyl (C=O) groups is 2. The van der Waals surface area contributed by atoms with Gasteiger partial charge in [0, 0.05) is 38.7 Å². The Morgan fingerprint density at radius 3 is 2.20 bits per heavy atom. The quantitative estimate of drug-likeness (QED) is 0.921. The Bertz CT molecular complexity index is 750. The van der Waals surface area contributed by atoms with Crippen LogP contribution >= 0.6 is 0 Å². The lowest BCUT2D eigenvalue weighted by Gasteiger charge is -2.34. The molecule has 0 unspecified atom stereocenters. The van der Waals surface area contributed by atoms with Gasteiger partial charge in [-0.1, -0.05) is 17.7 Å². The van der Waals surface area contributed by atoms with Crippen LogP contribution in [-0.4, -0.2) is 53.1 Å². The highest BCUT2D eigenvalue weighted by Crippen LogP contribution is 2.15. The van der Waals surface area contributed by atoms with Crippen molar-refractivity contribution < 1.29 is 9.59 Å². The summed E-state index contributed by atoms with van der Waals surface area (Å²) in [7, 11) is 0. The molecule has 0 bridgehead atoms. The van der Waals surface area contributed by atoms with Gasteiger partial charge in [0.15, 0.2) is 11.6 Å². The van der Waals surface area contributed by atoms with E-state index in [-0.39, 0.29) is 11.8 Å². The van der Waals surface area contributed by atoms with E-state index in [1.54, 1.807) is 25.1 Å². The second-order valence-electron chi connectivity index (χ2n) is 6.09. The Morgan fingerprint density at radius 1 is 0.960 bits per heavy atom. The summed E-state index contributed by atoms with van der Waals surface area (Å²) in [4.78, 5) is 27.5. The first-order valence-electron chi connectivity index (χ1n) is 8.25. The van der Waals surface area contributed by atoms with Gasteiger partial charge in [-0.05, 0) is 31.2 Å². The lowest BCUT2D eigenvalue weighted by atomic mass is 10.1. The summed E-state index contributed by atoms with van der Waals surface area (Å²) in [6.07, 6.45) is 0. The number of nitrogens with one attached hydrogen (secondary N) is 1. The summed E-state index contributed by atoms with van der Waals surface area (Å²) in [6.45, 7) is 6.38. The fourth-order valence-corrected chi connectivity index (χ4v) is 2.70. The second kappa shape index (κ2) is 7.29. The van der Waals surface area contributed by atoms with Crippen molar-refractivity contribution >= 4 is 23.5 Å². The molecule has 0 spiro atoms. The van der Waals surface area contributed by atoms with Crippen LogP contribution in [0.15, 0.2) is 36.4 Å². The first kappa shape index (κ1) is 16.9. The van der Waals surface area contributed by atoms with Crippen LogP contribution in [0, 0.1) is 6.92 Å². The highest BCUT2D eigenvalue weighted by Gasteiger charge is 2.19. The topological polar surface area (TPSA) is 78.4 Å². The first-order chi connectivity index (χ1) is 12.0. The molecule has 0 aliphatic carbocycles. The van der Waals surface area contributed by atoms with Crippen LogP contribution in [0.5, 0.6) is 0 Å². The number of rotatable bonds is 3. The minimum atomic E-state index is -0.211. The zero-order chi connectivity index (χ0) is 17.8. The van der Waals surface area contributed by atoms with E-state index in [0.29, 0.717) is 24.5 Å². The predicted molar refractivity (Wildman–Crippen MR) is 95.6 cm³/mol. The molecule has 25 heavy (non-hydrogen) atoms. The summed E-state index contributed by atoms with van der Waals surface area (Å²) in [5.74, 6) is 1.05. The van der Waals surface area contributed by atoms with Gasteiger partial charge in [0.2, 0.25) is 5.91 Å². The molecule has 2 heterocycles. The van der Waals surface area contributed by atoms with Gasteiger partial charge in [-0.25, -0.2) is 0 Å². The van der Waals surface area contributed by atoms with E-state index in [4.69, 9.17) is 0 Å². The normalized spacial score (nSPS) is 14.3. The van der Waals surface area contributed by atoms with Gasteiger partial charge in [0.05, 0.1) is 0 Å². The lowest BCUT2D eigenvalue weighted by Crippen LogP contribution is -2.48. The SMILES string of the molecule is CC(=O)N1CCN(c2ccc(NC(=O)c3ccc(C)cc3)nn2)CC1. The summed E-state index contributed by atoms with van der Waals surface area (Å²) >= 11 is 0. The molecule has 7 heteroatoms. The van der Waals surface area contributed by atoms with Gasteiger partial charge in [-0.15, -0.1) is 10.2 Å². The Morgan fingerprint density at radius 2 is 1.64 bits per heavy atom. The zero-order valence-corrected chi connectivity index (χ0v) is 14.4. The van der Waals surface area contributed by atoms with Gasteiger partial charge in [0.25, 0.3) is 5.91 Å². The highest BCUT2D eigenvalue weighted by molar-refractivity contribution is 6.03. The molecule has 0 radical (unpaired) electrons. The van der Waals surface area contributed by atoms with Gasteiger partial charge in [0.1, 0.15) is 0 Å². The maximum atomic E-state index is 12.2. The highest BCUT2D eigenvalue weighted by atomic mass is 16.2. The Labute approximate surface area is 146 Å². The van der Waals surface area contributed by atoms with Crippen LogP contribution in [0.4, 0.5) is 11.6 Å². The molecule has 2 amide bonds. The summed E-state index contributed by atoms with van der Waals surface area (Å²) < 4.78 is 0. The molecule has 1 aromatic heterocycles. The average Bonchev–Trinajstić information content (AvgIpc) is 2.63. The molecule has 1 aliphatic heterocycles.